The van der Waals surface area contributed by atoms with Crippen LogP contribution in [0, 0.1) is 12.7 Å². The molecule has 30 heavy (non-hydrogen) atoms. The molecule has 1 aromatic carbocycles. The number of fused-ring (bicyclic) bond motifs is 2. The smallest absolute Gasteiger partial charge is 0.160 e. The SMILES string of the molecule is Cc1cnn2c(NCC(C)c3c[nH]c4ccccc34)cc(-c3cncc(F)c3)nc12. The molecule has 4 heterocycles. The topological polar surface area (TPSA) is 70.9 Å². The van der Waals surface area contributed by atoms with Gasteiger partial charge in [-0.05, 0) is 24.6 Å². The largest absolute Gasteiger partial charge is 0.369 e. The van der Waals surface area contributed by atoms with Crippen molar-refractivity contribution in [3.8, 4) is 11.3 Å². The van der Waals surface area contributed by atoms with E-state index in [1.54, 1.807) is 16.9 Å². The molecular weight excluding hydrogens is 379 g/mol. The Balaban J connectivity index is 1.49. The monoisotopic (exact) mass is 400 g/mol. The number of aromatic nitrogens is 5. The van der Waals surface area contributed by atoms with Crippen molar-refractivity contribution in [3.05, 3.63) is 78.1 Å². The number of halogens is 1. The van der Waals surface area contributed by atoms with E-state index in [1.165, 1.54) is 23.2 Å². The van der Waals surface area contributed by atoms with E-state index in [9.17, 15) is 4.39 Å². The maximum absolute atomic E-state index is 13.7. The summed E-state index contributed by atoms with van der Waals surface area (Å²) in [7, 11) is 0. The van der Waals surface area contributed by atoms with Crippen molar-refractivity contribution in [3.63, 3.8) is 0 Å². The second-order valence-corrected chi connectivity index (χ2v) is 7.55. The van der Waals surface area contributed by atoms with Crippen LogP contribution in [0.2, 0.25) is 0 Å². The maximum atomic E-state index is 13.7. The molecule has 6 nitrogen and oxygen atoms in total. The highest BCUT2D eigenvalue weighted by molar-refractivity contribution is 5.83. The summed E-state index contributed by atoms with van der Waals surface area (Å²) in [4.78, 5) is 12.0. The fourth-order valence-electron chi connectivity index (χ4n) is 3.77. The van der Waals surface area contributed by atoms with Crippen LogP contribution < -0.4 is 5.32 Å². The molecule has 0 aliphatic heterocycles. The molecule has 150 valence electrons. The Bertz CT molecular complexity index is 1350. The molecule has 0 spiro atoms. The van der Waals surface area contributed by atoms with Crippen LogP contribution in [0.1, 0.15) is 24.0 Å². The molecule has 0 aliphatic carbocycles. The number of aryl methyl sites for hydroxylation is 1. The number of anilines is 1. The summed E-state index contributed by atoms with van der Waals surface area (Å²) in [6.07, 6.45) is 6.66. The van der Waals surface area contributed by atoms with E-state index in [2.05, 4.69) is 56.7 Å². The summed E-state index contributed by atoms with van der Waals surface area (Å²) < 4.78 is 15.5. The van der Waals surface area contributed by atoms with Crippen molar-refractivity contribution in [2.45, 2.75) is 19.8 Å². The number of H-pyrrole nitrogens is 1. The minimum absolute atomic E-state index is 0.264. The van der Waals surface area contributed by atoms with Crippen molar-refractivity contribution < 1.29 is 4.39 Å². The summed E-state index contributed by atoms with van der Waals surface area (Å²) in [6.45, 7) is 4.86. The van der Waals surface area contributed by atoms with Crippen LogP contribution in [0.25, 0.3) is 27.8 Å². The molecule has 0 bridgehead atoms. The van der Waals surface area contributed by atoms with Crippen molar-refractivity contribution in [2.75, 3.05) is 11.9 Å². The van der Waals surface area contributed by atoms with Crippen molar-refractivity contribution >= 4 is 22.4 Å². The summed E-state index contributed by atoms with van der Waals surface area (Å²) in [5, 5.41) is 9.20. The molecule has 4 aromatic heterocycles. The van der Waals surface area contributed by atoms with E-state index in [0.29, 0.717) is 17.8 Å². The second kappa shape index (κ2) is 7.26. The van der Waals surface area contributed by atoms with Crippen molar-refractivity contribution in [1.29, 1.82) is 0 Å². The second-order valence-electron chi connectivity index (χ2n) is 7.55. The highest BCUT2D eigenvalue weighted by Crippen LogP contribution is 2.27. The molecule has 0 fully saturated rings. The van der Waals surface area contributed by atoms with Gasteiger partial charge in [-0.15, -0.1) is 0 Å². The fourth-order valence-corrected chi connectivity index (χ4v) is 3.77. The van der Waals surface area contributed by atoms with Crippen LogP contribution in [0.15, 0.2) is 61.2 Å². The Kier molecular flexibility index (Phi) is 4.43. The zero-order valence-corrected chi connectivity index (χ0v) is 16.7. The molecule has 0 amide bonds. The van der Waals surface area contributed by atoms with Gasteiger partial charge in [-0.1, -0.05) is 25.1 Å². The number of hydrogen-bond donors (Lipinski definition) is 2. The number of rotatable bonds is 5. The van der Waals surface area contributed by atoms with E-state index in [1.807, 2.05) is 19.1 Å². The Morgan fingerprint density at radius 1 is 1.17 bits per heavy atom. The van der Waals surface area contributed by atoms with Gasteiger partial charge in [-0.2, -0.15) is 9.61 Å². The van der Waals surface area contributed by atoms with Crippen LogP contribution in [0.4, 0.5) is 10.2 Å². The van der Waals surface area contributed by atoms with E-state index >= 15 is 0 Å². The molecule has 1 atom stereocenters. The first-order valence-electron chi connectivity index (χ1n) is 9.86. The van der Waals surface area contributed by atoms with Gasteiger partial charge in [-0.25, -0.2) is 9.37 Å². The van der Waals surface area contributed by atoms with Gasteiger partial charge in [0.1, 0.15) is 11.6 Å². The minimum atomic E-state index is -0.387. The van der Waals surface area contributed by atoms with Gasteiger partial charge < -0.3 is 10.3 Å². The number of pyridine rings is 1. The van der Waals surface area contributed by atoms with Gasteiger partial charge in [0.2, 0.25) is 0 Å². The number of aromatic amines is 1. The maximum Gasteiger partial charge on any atom is 0.160 e. The highest BCUT2D eigenvalue weighted by Gasteiger charge is 2.15. The molecule has 1 unspecified atom stereocenters. The van der Waals surface area contributed by atoms with E-state index < -0.39 is 0 Å². The molecule has 0 saturated heterocycles. The first-order valence-corrected chi connectivity index (χ1v) is 9.86. The lowest BCUT2D eigenvalue weighted by atomic mass is 10.0. The van der Waals surface area contributed by atoms with Crippen LogP contribution in [-0.4, -0.2) is 31.1 Å². The summed E-state index contributed by atoms with van der Waals surface area (Å²) in [6, 6.07) is 11.6. The Morgan fingerprint density at radius 2 is 2.03 bits per heavy atom. The number of nitrogens with one attached hydrogen (secondary N) is 2. The molecule has 5 aromatic rings. The number of benzene rings is 1. The van der Waals surface area contributed by atoms with Crippen molar-refractivity contribution in [2.24, 2.45) is 0 Å². The molecule has 7 heteroatoms. The Morgan fingerprint density at radius 3 is 2.90 bits per heavy atom. The standard InChI is InChI=1S/C23H21FN6/c1-14(19-13-26-20-6-4-3-5-18(19)20)9-27-22-8-21(16-7-17(24)12-25-11-16)29-23-15(2)10-28-30(22)23/h3-8,10-14,26-27H,9H2,1-2H3. The highest BCUT2D eigenvalue weighted by atomic mass is 19.1. The lowest BCUT2D eigenvalue weighted by molar-refractivity contribution is 0.622. The first kappa shape index (κ1) is 18.3. The fraction of sp³-hybridized carbons (Fsp3) is 0.174. The zero-order chi connectivity index (χ0) is 20.7. The third-order valence-corrected chi connectivity index (χ3v) is 5.39. The number of para-hydroxylation sites is 1. The summed E-state index contributed by atoms with van der Waals surface area (Å²) in [5.41, 5.74) is 5.36. The van der Waals surface area contributed by atoms with Gasteiger partial charge in [0.15, 0.2) is 5.65 Å². The Hall–Kier alpha value is -3.74. The predicted octanol–water partition coefficient (Wildman–Crippen LogP) is 4.94. The molecule has 0 aliphatic rings. The van der Waals surface area contributed by atoms with Gasteiger partial charge in [0.05, 0.1) is 18.1 Å². The third kappa shape index (κ3) is 3.18. The quantitative estimate of drug-likeness (QED) is 0.439. The van der Waals surface area contributed by atoms with E-state index in [-0.39, 0.29) is 11.7 Å². The zero-order valence-electron chi connectivity index (χ0n) is 16.7. The molecule has 0 radical (unpaired) electrons. The minimum Gasteiger partial charge on any atom is -0.369 e. The lowest BCUT2D eigenvalue weighted by Crippen LogP contribution is -2.13. The summed E-state index contributed by atoms with van der Waals surface area (Å²) in [5.74, 6) is 0.682. The molecule has 0 saturated carbocycles. The van der Waals surface area contributed by atoms with Gasteiger partial charge >= 0.3 is 0 Å². The van der Waals surface area contributed by atoms with Crippen LogP contribution in [0.3, 0.4) is 0 Å². The summed E-state index contributed by atoms with van der Waals surface area (Å²) >= 11 is 0. The van der Waals surface area contributed by atoms with E-state index in [4.69, 9.17) is 0 Å². The third-order valence-electron chi connectivity index (χ3n) is 5.39. The van der Waals surface area contributed by atoms with E-state index in [0.717, 1.165) is 22.5 Å². The van der Waals surface area contributed by atoms with Gasteiger partial charge in [0.25, 0.3) is 0 Å². The van der Waals surface area contributed by atoms with Crippen LogP contribution >= 0.6 is 0 Å². The predicted molar refractivity (Wildman–Crippen MR) is 116 cm³/mol. The Labute approximate surface area is 172 Å². The van der Waals surface area contributed by atoms with Crippen LogP contribution in [-0.2, 0) is 0 Å². The molecular formula is C23H21FN6. The molecule has 2 N–H and O–H groups in total. The number of hydrogen-bond acceptors (Lipinski definition) is 4. The average molecular weight is 400 g/mol. The first-order chi connectivity index (χ1) is 14.6. The van der Waals surface area contributed by atoms with Crippen molar-refractivity contribution in [1.82, 2.24) is 24.6 Å². The van der Waals surface area contributed by atoms with Gasteiger partial charge in [0, 0.05) is 53.0 Å². The number of nitrogens with zero attached hydrogens (tertiary/aromatic N) is 4. The van der Waals surface area contributed by atoms with Crippen LogP contribution in [0.5, 0.6) is 0 Å². The lowest BCUT2D eigenvalue weighted by Gasteiger charge is -2.15. The molecule has 5 rings (SSSR count). The van der Waals surface area contributed by atoms with Gasteiger partial charge in [-0.3, -0.25) is 4.98 Å². The average Bonchev–Trinajstić information content (AvgIpc) is 3.36. The normalized spacial score (nSPS) is 12.5.